The van der Waals surface area contributed by atoms with Gasteiger partial charge in [-0.3, -0.25) is 9.78 Å². The Kier molecular flexibility index (Phi) is 3.80. The molecule has 0 amide bonds. The van der Waals surface area contributed by atoms with Gasteiger partial charge in [0.05, 0.1) is 5.52 Å². The molecule has 1 aromatic heterocycles. The minimum Gasteiger partial charge on any atom is -0.294 e. The van der Waals surface area contributed by atoms with Gasteiger partial charge in [0.1, 0.15) is 5.82 Å². The molecule has 3 rings (SSSR count). The molecule has 0 aliphatic rings. The number of pyridine rings is 1. The third-order valence-electron chi connectivity index (χ3n) is 3.29. The van der Waals surface area contributed by atoms with Gasteiger partial charge in [-0.1, -0.05) is 28.1 Å². The fourth-order valence-corrected chi connectivity index (χ4v) is 2.68. The van der Waals surface area contributed by atoms with E-state index in [1.165, 1.54) is 12.1 Å². The molecular formula is C17H11BrFNO. The van der Waals surface area contributed by atoms with Crippen molar-refractivity contribution in [2.75, 3.05) is 0 Å². The summed E-state index contributed by atoms with van der Waals surface area (Å²) in [4.78, 5) is 16.6. The van der Waals surface area contributed by atoms with Crippen LogP contribution in [0.25, 0.3) is 10.9 Å². The van der Waals surface area contributed by atoms with Crippen molar-refractivity contribution < 1.29 is 9.18 Å². The highest BCUT2D eigenvalue weighted by molar-refractivity contribution is 9.10. The second-order valence-corrected chi connectivity index (χ2v) is 5.60. The Morgan fingerprint density at radius 2 is 2.00 bits per heavy atom. The SMILES string of the molecule is O=C(Cc1ccc(F)cc1Br)c1ccc2ncccc2c1. The molecule has 0 N–H and O–H groups in total. The van der Waals surface area contributed by atoms with Crippen LogP contribution >= 0.6 is 15.9 Å². The lowest BCUT2D eigenvalue weighted by Gasteiger charge is -2.05. The molecule has 0 saturated carbocycles. The van der Waals surface area contributed by atoms with Crippen molar-refractivity contribution in [2.45, 2.75) is 6.42 Å². The number of rotatable bonds is 3. The Morgan fingerprint density at radius 3 is 2.81 bits per heavy atom. The first kappa shape index (κ1) is 13.9. The number of Topliss-reactive ketones (excluding diaryl/α,β-unsaturated/α-hetero) is 1. The van der Waals surface area contributed by atoms with Gasteiger partial charge in [0.25, 0.3) is 0 Å². The standard InChI is InChI=1S/C17H11BrFNO/c18-15-10-14(19)5-3-11(15)9-17(21)13-4-6-16-12(8-13)2-1-7-20-16/h1-8,10H,9H2. The number of benzene rings is 2. The van der Waals surface area contributed by atoms with Gasteiger partial charge in [0.15, 0.2) is 5.78 Å². The molecule has 1 heterocycles. The van der Waals surface area contributed by atoms with E-state index in [9.17, 15) is 9.18 Å². The predicted molar refractivity (Wildman–Crippen MR) is 83.9 cm³/mol. The Balaban J connectivity index is 1.89. The van der Waals surface area contributed by atoms with E-state index in [-0.39, 0.29) is 18.0 Å². The minimum atomic E-state index is -0.324. The number of ketones is 1. The van der Waals surface area contributed by atoms with Gasteiger partial charge in [-0.2, -0.15) is 0 Å². The van der Waals surface area contributed by atoms with Gasteiger partial charge in [-0.25, -0.2) is 4.39 Å². The summed E-state index contributed by atoms with van der Waals surface area (Å²) in [7, 11) is 0. The van der Waals surface area contributed by atoms with Crippen molar-refractivity contribution in [3.63, 3.8) is 0 Å². The summed E-state index contributed by atoms with van der Waals surface area (Å²) < 4.78 is 13.7. The molecule has 2 nitrogen and oxygen atoms in total. The predicted octanol–water partition coefficient (Wildman–Crippen LogP) is 4.56. The van der Waals surface area contributed by atoms with Crippen molar-refractivity contribution in [3.05, 3.63) is 76.1 Å². The van der Waals surface area contributed by atoms with Crippen molar-refractivity contribution in [1.29, 1.82) is 0 Å². The van der Waals surface area contributed by atoms with Crippen LogP contribution in [-0.2, 0) is 6.42 Å². The number of carbonyl (C=O) groups is 1. The van der Waals surface area contributed by atoms with Crippen molar-refractivity contribution >= 4 is 32.6 Å². The van der Waals surface area contributed by atoms with E-state index in [1.54, 1.807) is 18.3 Å². The number of carbonyl (C=O) groups excluding carboxylic acids is 1. The van der Waals surface area contributed by atoms with Gasteiger partial charge < -0.3 is 0 Å². The Bertz CT molecular complexity index is 832. The molecule has 0 aliphatic heterocycles. The monoisotopic (exact) mass is 343 g/mol. The third-order valence-corrected chi connectivity index (χ3v) is 4.03. The second kappa shape index (κ2) is 5.74. The van der Waals surface area contributed by atoms with Crippen molar-refractivity contribution in [3.8, 4) is 0 Å². The molecule has 0 unspecified atom stereocenters. The number of fused-ring (bicyclic) bond motifs is 1. The number of halogens is 2. The van der Waals surface area contributed by atoms with Crippen LogP contribution in [0.5, 0.6) is 0 Å². The summed E-state index contributed by atoms with van der Waals surface area (Å²) in [5, 5.41) is 0.932. The summed E-state index contributed by atoms with van der Waals surface area (Å²) in [5.41, 5.74) is 2.26. The summed E-state index contributed by atoms with van der Waals surface area (Å²) in [5.74, 6) is -0.331. The summed E-state index contributed by atoms with van der Waals surface area (Å²) in [6.07, 6.45) is 1.95. The van der Waals surface area contributed by atoms with Crippen LogP contribution < -0.4 is 0 Å². The summed E-state index contributed by atoms with van der Waals surface area (Å²) >= 11 is 3.29. The first-order chi connectivity index (χ1) is 10.1. The molecule has 0 spiro atoms. The third kappa shape index (κ3) is 3.00. The first-order valence-corrected chi connectivity index (χ1v) is 7.25. The minimum absolute atomic E-state index is 0.00642. The Labute approximate surface area is 129 Å². The maximum Gasteiger partial charge on any atom is 0.167 e. The van der Waals surface area contributed by atoms with Crippen molar-refractivity contribution in [2.24, 2.45) is 0 Å². The van der Waals surface area contributed by atoms with Crippen LogP contribution in [0.3, 0.4) is 0 Å². The topological polar surface area (TPSA) is 30.0 Å². The van der Waals surface area contributed by atoms with Crippen LogP contribution in [0, 0.1) is 5.82 Å². The molecule has 0 fully saturated rings. The molecule has 0 aliphatic carbocycles. The zero-order valence-electron chi connectivity index (χ0n) is 11.0. The lowest BCUT2D eigenvalue weighted by atomic mass is 10.0. The van der Waals surface area contributed by atoms with Crippen LogP contribution in [0.1, 0.15) is 15.9 Å². The molecule has 0 radical (unpaired) electrons. The molecule has 21 heavy (non-hydrogen) atoms. The molecule has 3 aromatic rings. The highest BCUT2D eigenvalue weighted by Gasteiger charge is 2.11. The zero-order chi connectivity index (χ0) is 14.8. The van der Waals surface area contributed by atoms with E-state index in [0.717, 1.165) is 16.5 Å². The molecule has 4 heteroatoms. The van der Waals surface area contributed by atoms with Gasteiger partial charge in [-0.15, -0.1) is 0 Å². The molecule has 0 saturated heterocycles. The van der Waals surface area contributed by atoms with E-state index < -0.39 is 0 Å². The number of hydrogen-bond acceptors (Lipinski definition) is 2. The van der Waals surface area contributed by atoms with Crippen LogP contribution in [0.2, 0.25) is 0 Å². The van der Waals surface area contributed by atoms with Gasteiger partial charge >= 0.3 is 0 Å². The van der Waals surface area contributed by atoms with Crippen LogP contribution in [-0.4, -0.2) is 10.8 Å². The molecular weight excluding hydrogens is 333 g/mol. The van der Waals surface area contributed by atoms with Gasteiger partial charge in [0, 0.05) is 28.0 Å². The van der Waals surface area contributed by atoms with Gasteiger partial charge in [-0.05, 0) is 42.0 Å². The fraction of sp³-hybridized carbons (Fsp3) is 0.0588. The van der Waals surface area contributed by atoms with E-state index in [4.69, 9.17) is 0 Å². The highest BCUT2D eigenvalue weighted by atomic mass is 79.9. The summed E-state index contributed by atoms with van der Waals surface area (Å²) in [6.45, 7) is 0. The average molecular weight is 344 g/mol. The van der Waals surface area contributed by atoms with E-state index >= 15 is 0 Å². The van der Waals surface area contributed by atoms with E-state index in [0.29, 0.717) is 10.0 Å². The van der Waals surface area contributed by atoms with E-state index in [1.807, 2.05) is 24.3 Å². The quantitative estimate of drug-likeness (QED) is 0.652. The zero-order valence-corrected chi connectivity index (χ0v) is 12.6. The molecule has 0 atom stereocenters. The van der Waals surface area contributed by atoms with Gasteiger partial charge in [0.2, 0.25) is 0 Å². The fourth-order valence-electron chi connectivity index (χ4n) is 2.19. The second-order valence-electron chi connectivity index (χ2n) is 4.75. The first-order valence-electron chi connectivity index (χ1n) is 6.45. The maximum absolute atomic E-state index is 13.1. The Hall–Kier alpha value is -2.07. The van der Waals surface area contributed by atoms with Crippen LogP contribution in [0.4, 0.5) is 4.39 Å². The normalized spacial score (nSPS) is 10.8. The summed E-state index contributed by atoms with van der Waals surface area (Å²) in [6, 6.07) is 13.6. The lowest BCUT2D eigenvalue weighted by Crippen LogP contribution is -2.04. The van der Waals surface area contributed by atoms with Crippen molar-refractivity contribution in [1.82, 2.24) is 4.98 Å². The van der Waals surface area contributed by atoms with E-state index in [2.05, 4.69) is 20.9 Å². The largest absolute Gasteiger partial charge is 0.294 e. The number of aromatic nitrogens is 1. The lowest BCUT2D eigenvalue weighted by molar-refractivity contribution is 0.0993. The maximum atomic E-state index is 13.1. The number of hydrogen-bond donors (Lipinski definition) is 0. The molecule has 0 bridgehead atoms. The van der Waals surface area contributed by atoms with Crippen LogP contribution in [0.15, 0.2) is 59.2 Å². The highest BCUT2D eigenvalue weighted by Crippen LogP contribution is 2.21. The molecule has 2 aromatic carbocycles. The average Bonchev–Trinajstić information content (AvgIpc) is 2.49. The molecule has 104 valence electrons. The Morgan fingerprint density at radius 1 is 1.14 bits per heavy atom. The number of nitrogens with zero attached hydrogens (tertiary/aromatic N) is 1. The smallest absolute Gasteiger partial charge is 0.167 e.